The fourth-order valence-corrected chi connectivity index (χ4v) is 1.49. The van der Waals surface area contributed by atoms with E-state index in [0.717, 1.165) is 0 Å². The zero-order chi connectivity index (χ0) is 13.1. The molecule has 0 aliphatic rings. The van der Waals surface area contributed by atoms with Gasteiger partial charge in [-0.15, -0.1) is 0 Å². The molecule has 0 aromatic carbocycles. The van der Waals surface area contributed by atoms with Crippen LogP contribution in [0.5, 0.6) is 0 Å². The van der Waals surface area contributed by atoms with Crippen LogP contribution in [0.3, 0.4) is 0 Å². The lowest BCUT2D eigenvalue weighted by Gasteiger charge is -2.09. The summed E-state index contributed by atoms with van der Waals surface area (Å²) in [5, 5.41) is 4.56. The molecule has 98 valence electrons. The highest BCUT2D eigenvalue weighted by molar-refractivity contribution is 6.31. The first-order valence-corrected chi connectivity index (χ1v) is 5.36. The van der Waals surface area contributed by atoms with Crippen LogP contribution in [0.2, 0.25) is 5.02 Å². The van der Waals surface area contributed by atoms with Crippen LogP contribution in [0.25, 0.3) is 0 Å². The highest BCUT2D eigenvalue weighted by Gasteiger charge is 2.27. The topological polar surface area (TPSA) is 39.1 Å². The Bertz CT molecular complexity index is 378. The number of hydrogen-bond acceptors (Lipinski definition) is 3. The van der Waals surface area contributed by atoms with Crippen molar-refractivity contribution in [2.75, 3.05) is 6.61 Å². The van der Waals surface area contributed by atoms with E-state index < -0.39 is 12.8 Å². The SMILES string of the molecule is CCn1nc(C)c(Cl)c1CNOCC(F)(F)F. The maximum Gasteiger partial charge on any atom is 0.413 e. The number of aromatic nitrogens is 2. The first kappa shape index (κ1) is 14.3. The Balaban J connectivity index is 2.52. The fraction of sp³-hybridized carbons (Fsp3) is 0.667. The van der Waals surface area contributed by atoms with E-state index >= 15 is 0 Å². The van der Waals surface area contributed by atoms with Crippen LogP contribution in [0.15, 0.2) is 0 Å². The lowest BCUT2D eigenvalue weighted by Crippen LogP contribution is -2.25. The molecule has 0 saturated carbocycles. The Kier molecular flexibility index (Phi) is 4.79. The number of halogens is 4. The maximum atomic E-state index is 11.8. The lowest BCUT2D eigenvalue weighted by atomic mass is 10.3. The number of nitrogens with zero attached hydrogens (tertiary/aromatic N) is 2. The van der Waals surface area contributed by atoms with Gasteiger partial charge in [0.1, 0.15) is 0 Å². The van der Waals surface area contributed by atoms with Gasteiger partial charge in [0, 0.05) is 6.54 Å². The van der Waals surface area contributed by atoms with Gasteiger partial charge in [-0.1, -0.05) is 11.6 Å². The van der Waals surface area contributed by atoms with E-state index in [-0.39, 0.29) is 6.54 Å². The Morgan fingerprint density at radius 1 is 1.47 bits per heavy atom. The van der Waals surface area contributed by atoms with Gasteiger partial charge in [-0.05, 0) is 13.8 Å². The third-order valence-electron chi connectivity index (χ3n) is 2.03. The molecular formula is C9H13ClF3N3O. The summed E-state index contributed by atoms with van der Waals surface area (Å²) in [6, 6.07) is 0. The molecule has 1 N–H and O–H groups in total. The van der Waals surface area contributed by atoms with Gasteiger partial charge in [0.05, 0.1) is 23.0 Å². The zero-order valence-electron chi connectivity index (χ0n) is 9.44. The van der Waals surface area contributed by atoms with Gasteiger partial charge in [0.15, 0.2) is 6.61 Å². The molecule has 4 nitrogen and oxygen atoms in total. The minimum absolute atomic E-state index is 0.0730. The predicted molar refractivity (Wildman–Crippen MR) is 56.5 cm³/mol. The Morgan fingerprint density at radius 2 is 2.12 bits per heavy atom. The van der Waals surface area contributed by atoms with Crippen molar-refractivity contribution in [1.82, 2.24) is 15.3 Å². The summed E-state index contributed by atoms with van der Waals surface area (Å²) in [5.41, 5.74) is 3.47. The van der Waals surface area contributed by atoms with Crippen molar-refractivity contribution >= 4 is 11.6 Å². The van der Waals surface area contributed by atoms with Crippen molar-refractivity contribution in [2.24, 2.45) is 0 Å². The van der Waals surface area contributed by atoms with E-state index in [2.05, 4.69) is 15.4 Å². The summed E-state index contributed by atoms with van der Waals surface area (Å²) in [4.78, 5) is 4.29. The van der Waals surface area contributed by atoms with Crippen molar-refractivity contribution in [3.63, 3.8) is 0 Å². The molecule has 1 heterocycles. The van der Waals surface area contributed by atoms with Crippen LogP contribution in [0, 0.1) is 6.92 Å². The second-order valence-corrected chi connectivity index (χ2v) is 3.76. The standard InChI is InChI=1S/C9H13ClF3N3O/c1-3-16-7(8(10)6(2)15-16)4-14-17-5-9(11,12)13/h14H,3-5H2,1-2H3. The second-order valence-electron chi connectivity index (χ2n) is 3.39. The van der Waals surface area contributed by atoms with E-state index in [1.807, 2.05) is 6.92 Å². The molecule has 0 aliphatic carbocycles. The minimum Gasteiger partial charge on any atom is -0.292 e. The molecular weight excluding hydrogens is 259 g/mol. The van der Waals surface area contributed by atoms with Crippen molar-refractivity contribution in [2.45, 2.75) is 33.1 Å². The Morgan fingerprint density at radius 3 is 2.65 bits per heavy atom. The monoisotopic (exact) mass is 271 g/mol. The van der Waals surface area contributed by atoms with Gasteiger partial charge < -0.3 is 0 Å². The van der Waals surface area contributed by atoms with E-state index in [9.17, 15) is 13.2 Å². The molecule has 0 amide bonds. The quantitative estimate of drug-likeness (QED) is 0.660. The van der Waals surface area contributed by atoms with E-state index in [1.54, 1.807) is 11.6 Å². The molecule has 0 atom stereocenters. The molecule has 17 heavy (non-hydrogen) atoms. The van der Waals surface area contributed by atoms with Gasteiger partial charge in [0.25, 0.3) is 0 Å². The van der Waals surface area contributed by atoms with Gasteiger partial charge in [-0.25, -0.2) is 0 Å². The van der Waals surface area contributed by atoms with Gasteiger partial charge in [0.2, 0.25) is 0 Å². The average molecular weight is 272 g/mol. The Labute approximate surface area is 102 Å². The second kappa shape index (κ2) is 5.70. The van der Waals surface area contributed by atoms with Crippen LogP contribution >= 0.6 is 11.6 Å². The Hall–Kier alpha value is -0.790. The number of hydroxylamine groups is 1. The molecule has 1 rings (SSSR count). The smallest absolute Gasteiger partial charge is 0.292 e. The van der Waals surface area contributed by atoms with Crippen molar-refractivity contribution in [3.8, 4) is 0 Å². The molecule has 0 spiro atoms. The van der Waals surface area contributed by atoms with Crippen LogP contribution in [0.4, 0.5) is 13.2 Å². The lowest BCUT2D eigenvalue weighted by molar-refractivity contribution is -0.190. The van der Waals surface area contributed by atoms with Gasteiger partial charge in [-0.3, -0.25) is 9.52 Å². The summed E-state index contributed by atoms with van der Waals surface area (Å²) >= 11 is 5.96. The number of nitrogens with one attached hydrogen (secondary N) is 1. The number of hydrogen-bond donors (Lipinski definition) is 1. The number of rotatable bonds is 5. The first-order valence-electron chi connectivity index (χ1n) is 4.98. The third kappa shape index (κ3) is 4.18. The first-order chi connectivity index (χ1) is 7.85. The molecule has 0 radical (unpaired) electrons. The van der Waals surface area contributed by atoms with Crippen LogP contribution in [-0.2, 0) is 17.9 Å². The maximum absolute atomic E-state index is 11.8. The molecule has 0 unspecified atom stereocenters. The van der Waals surface area contributed by atoms with Gasteiger partial charge in [-0.2, -0.15) is 23.8 Å². The molecule has 8 heteroatoms. The average Bonchev–Trinajstić information content (AvgIpc) is 2.49. The molecule has 1 aromatic heterocycles. The summed E-state index contributed by atoms with van der Waals surface area (Å²) in [7, 11) is 0. The van der Waals surface area contributed by atoms with E-state index in [1.165, 1.54) is 0 Å². The van der Waals surface area contributed by atoms with E-state index in [0.29, 0.717) is 23.0 Å². The summed E-state index contributed by atoms with van der Waals surface area (Å²) in [5.74, 6) is 0. The minimum atomic E-state index is -4.35. The zero-order valence-corrected chi connectivity index (χ0v) is 10.2. The molecule has 0 bridgehead atoms. The molecule has 1 aromatic rings. The van der Waals surface area contributed by atoms with Gasteiger partial charge >= 0.3 is 6.18 Å². The van der Waals surface area contributed by atoms with Crippen LogP contribution in [-0.4, -0.2) is 22.6 Å². The highest BCUT2D eigenvalue weighted by Crippen LogP contribution is 2.20. The van der Waals surface area contributed by atoms with Crippen molar-refractivity contribution in [3.05, 3.63) is 16.4 Å². The van der Waals surface area contributed by atoms with Crippen LogP contribution in [0.1, 0.15) is 18.3 Å². The summed E-state index contributed by atoms with van der Waals surface area (Å²) in [6.45, 7) is 2.91. The molecule has 0 fully saturated rings. The number of alkyl halides is 3. The normalized spacial score (nSPS) is 12.1. The molecule has 0 aliphatic heterocycles. The van der Waals surface area contributed by atoms with Crippen molar-refractivity contribution in [1.29, 1.82) is 0 Å². The molecule has 0 saturated heterocycles. The summed E-state index contributed by atoms with van der Waals surface area (Å²) in [6.07, 6.45) is -4.35. The summed E-state index contributed by atoms with van der Waals surface area (Å²) < 4.78 is 37.0. The van der Waals surface area contributed by atoms with E-state index in [4.69, 9.17) is 11.6 Å². The highest BCUT2D eigenvalue weighted by atomic mass is 35.5. The fourth-order valence-electron chi connectivity index (χ4n) is 1.29. The van der Waals surface area contributed by atoms with Crippen molar-refractivity contribution < 1.29 is 18.0 Å². The third-order valence-corrected chi connectivity index (χ3v) is 2.52. The predicted octanol–water partition coefficient (Wildman–Crippen LogP) is 2.45. The largest absolute Gasteiger partial charge is 0.413 e. The van der Waals surface area contributed by atoms with Crippen LogP contribution < -0.4 is 5.48 Å². The number of aryl methyl sites for hydroxylation is 2.